The normalized spacial score (nSPS) is 12.6. The molecule has 0 saturated heterocycles. The molecule has 11 heteroatoms. The Labute approximate surface area is 218 Å². The van der Waals surface area contributed by atoms with Gasteiger partial charge in [0.1, 0.15) is 27.1 Å². The molecule has 3 aromatic rings. The highest BCUT2D eigenvalue weighted by molar-refractivity contribution is 7.20. The number of aryl methyl sites for hydroxylation is 1. The lowest BCUT2D eigenvalue weighted by Gasteiger charge is -2.28. The van der Waals surface area contributed by atoms with Crippen LogP contribution < -0.4 is 21.3 Å². The van der Waals surface area contributed by atoms with E-state index in [1.54, 1.807) is 13.0 Å². The van der Waals surface area contributed by atoms with Crippen LogP contribution in [0.15, 0.2) is 33.9 Å². The van der Waals surface area contributed by atoms with Crippen LogP contribution in [0.25, 0.3) is 10.2 Å². The summed E-state index contributed by atoms with van der Waals surface area (Å²) in [6, 6.07) is 7.24. The quantitative estimate of drug-likeness (QED) is 0.411. The maximum absolute atomic E-state index is 14.0. The molecule has 0 spiro atoms. The zero-order valence-electron chi connectivity index (χ0n) is 22.1. The molecule has 2 heterocycles. The van der Waals surface area contributed by atoms with Crippen molar-refractivity contribution in [3.05, 3.63) is 61.1 Å². The summed E-state index contributed by atoms with van der Waals surface area (Å²) in [5.74, 6) is -1.15. The van der Waals surface area contributed by atoms with Crippen LogP contribution in [-0.4, -0.2) is 45.9 Å². The third kappa shape index (κ3) is 5.19. The van der Waals surface area contributed by atoms with Gasteiger partial charge in [-0.15, -0.1) is 11.3 Å². The second-order valence-electron chi connectivity index (χ2n) is 9.41. The van der Waals surface area contributed by atoms with E-state index in [4.69, 9.17) is 9.47 Å². The van der Waals surface area contributed by atoms with Gasteiger partial charge in [0.2, 0.25) is 5.91 Å². The van der Waals surface area contributed by atoms with Gasteiger partial charge in [-0.25, -0.2) is 14.2 Å². The van der Waals surface area contributed by atoms with Gasteiger partial charge in [0.25, 0.3) is 5.56 Å². The Kier molecular flexibility index (Phi) is 8.28. The highest BCUT2D eigenvalue weighted by atomic mass is 32.1. The monoisotopic (exact) mass is 531 g/mol. The molecular weight excluding hydrogens is 498 g/mol. The highest BCUT2D eigenvalue weighted by Crippen LogP contribution is 2.33. The van der Waals surface area contributed by atoms with Crippen LogP contribution in [0.1, 0.15) is 61.5 Å². The van der Waals surface area contributed by atoms with Crippen molar-refractivity contribution in [2.45, 2.75) is 65.8 Å². The van der Waals surface area contributed by atoms with E-state index in [1.165, 1.54) is 32.4 Å². The number of amides is 1. The Morgan fingerprint density at radius 2 is 1.84 bits per heavy atom. The van der Waals surface area contributed by atoms with Crippen molar-refractivity contribution in [2.75, 3.05) is 13.7 Å². The average molecular weight is 532 g/mol. The van der Waals surface area contributed by atoms with E-state index < -0.39 is 34.8 Å². The molecule has 0 aliphatic rings. The molecule has 1 atom stereocenters. The van der Waals surface area contributed by atoms with Crippen LogP contribution in [-0.2, 0) is 21.6 Å². The molecule has 2 aromatic heterocycles. The molecule has 1 unspecified atom stereocenters. The molecule has 200 valence electrons. The summed E-state index contributed by atoms with van der Waals surface area (Å²) in [6.45, 7) is 10.2. The Balaban J connectivity index is 2.40. The minimum atomic E-state index is -1.54. The smallest absolute Gasteiger partial charge is 0.346 e. The second-order valence-corrected chi connectivity index (χ2v) is 10.4. The Hall–Kier alpha value is -3.44. The van der Waals surface area contributed by atoms with Crippen LogP contribution in [0, 0.1) is 6.92 Å². The molecule has 0 radical (unpaired) electrons. The van der Waals surface area contributed by atoms with Crippen molar-refractivity contribution in [1.29, 1.82) is 0 Å². The minimum Gasteiger partial charge on any atom is -0.496 e. The van der Waals surface area contributed by atoms with E-state index in [9.17, 15) is 24.3 Å². The highest BCUT2D eigenvalue weighted by Gasteiger charge is 2.36. The zero-order valence-corrected chi connectivity index (χ0v) is 22.9. The number of benzene rings is 1. The number of para-hydroxylation sites is 1. The minimum absolute atomic E-state index is 0.0430. The van der Waals surface area contributed by atoms with Crippen LogP contribution in [0.3, 0.4) is 0 Å². The van der Waals surface area contributed by atoms with E-state index in [-0.39, 0.29) is 33.3 Å². The molecular formula is C26H33N3O7S. The number of methoxy groups -OCH3 is 1. The number of rotatable bonds is 10. The summed E-state index contributed by atoms with van der Waals surface area (Å²) in [7, 11) is 1.53. The molecule has 1 aromatic carbocycles. The van der Waals surface area contributed by atoms with Gasteiger partial charge in [-0.3, -0.25) is 14.2 Å². The lowest BCUT2D eigenvalue weighted by molar-refractivity contribution is -0.128. The van der Waals surface area contributed by atoms with Crippen molar-refractivity contribution in [1.82, 2.24) is 14.5 Å². The van der Waals surface area contributed by atoms with Gasteiger partial charge in [-0.2, -0.15) is 0 Å². The zero-order chi connectivity index (χ0) is 27.7. The maximum Gasteiger partial charge on any atom is 0.346 e. The number of carbonyl (C=O) groups is 2. The van der Waals surface area contributed by atoms with Gasteiger partial charge in [-0.05, 0) is 53.2 Å². The van der Waals surface area contributed by atoms with Crippen LogP contribution >= 0.6 is 11.3 Å². The van der Waals surface area contributed by atoms with Gasteiger partial charge in [0, 0.05) is 12.1 Å². The first-order valence-electron chi connectivity index (χ1n) is 12.0. The number of nitrogens with one attached hydrogen (secondary N) is 1. The fourth-order valence-electron chi connectivity index (χ4n) is 4.32. The van der Waals surface area contributed by atoms with Gasteiger partial charge in [0.15, 0.2) is 0 Å². The third-order valence-electron chi connectivity index (χ3n) is 6.13. The number of nitrogens with zero attached hydrogens (tertiary/aromatic N) is 2. The number of hydrogen-bond acceptors (Lipinski definition) is 7. The van der Waals surface area contributed by atoms with Gasteiger partial charge >= 0.3 is 11.7 Å². The fraction of sp³-hybridized carbons (Fsp3) is 0.462. The van der Waals surface area contributed by atoms with Gasteiger partial charge in [0.05, 0.1) is 25.1 Å². The molecule has 0 aliphatic carbocycles. The number of fused-ring (bicyclic) bond motifs is 1. The lowest BCUT2D eigenvalue weighted by Crippen LogP contribution is -2.55. The predicted molar refractivity (Wildman–Crippen MR) is 142 cm³/mol. The van der Waals surface area contributed by atoms with E-state index in [1.807, 2.05) is 32.0 Å². The second kappa shape index (κ2) is 10.9. The SMILES string of the molecule is CCNC(=O)C(C)(C)n1c(=O)c2c(C)c(C(=O)O)sc2n(CC(OC(C)C)c2ccccc2OC)c1=O. The summed E-state index contributed by atoms with van der Waals surface area (Å²) >= 11 is 0.854. The van der Waals surface area contributed by atoms with E-state index in [2.05, 4.69) is 5.32 Å². The number of hydrogen-bond donors (Lipinski definition) is 2. The largest absolute Gasteiger partial charge is 0.496 e. The predicted octanol–water partition coefficient (Wildman–Crippen LogP) is 3.28. The first-order valence-corrected chi connectivity index (χ1v) is 12.8. The van der Waals surface area contributed by atoms with Gasteiger partial charge < -0.3 is 19.9 Å². The first kappa shape index (κ1) is 28.1. The molecule has 10 nitrogen and oxygen atoms in total. The summed E-state index contributed by atoms with van der Waals surface area (Å²) in [5.41, 5.74) is -2.07. The molecule has 0 saturated carbocycles. The van der Waals surface area contributed by atoms with Crippen molar-refractivity contribution in [3.63, 3.8) is 0 Å². The van der Waals surface area contributed by atoms with Crippen LogP contribution in [0.4, 0.5) is 0 Å². The number of thiophene rings is 1. The number of carboxylic acid groups (broad SMARTS) is 1. The molecule has 2 N–H and O–H groups in total. The van der Waals surface area contributed by atoms with Crippen molar-refractivity contribution in [2.24, 2.45) is 0 Å². The molecule has 3 rings (SSSR count). The molecule has 0 aliphatic heterocycles. The van der Waals surface area contributed by atoms with Crippen molar-refractivity contribution < 1.29 is 24.2 Å². The number of aromatic carboxylic acids is 1. The summed E-state index contributed by atoms with van der Waals surface area (Å²) in [5, 5.41) is 12.5. The summed E-state index contributed by atoms with van der Waals surface area (Å²) in [6.07, 6.45) is -0.898. The number of aromatic nitrogens is 2. The standard InChI is InChI=1S/C26H33N3O7S/c1-8-27-24(33)26(5,6)29-21(30)19-15(4)20(23(31)32)37-22(19)28(25(29)34)13-18(36-14(2)3)16-11-9-10-12-17(16)35-7/h9-12,14,18H,8,13H2,1-7H3,(H,27,33)(H,31,32). The Bertz CT molecular complexity index is 1450. The van der Waals surface area contributed by atoms with E-state index in [0.717, 1.165) is 15.9 Å². The number of carbonyl (C=O) groups excluding carboxylic acids is 1. The maximum atomic E-state index is 14.0. The number of ether oxygens (including phenoxy) is 2. The number of carboxylic acids is 1. The first-order chi connectivity index (χ1) is 17.4. The Morgan fingerprint density at radius 3 is 2.41 bits per heavy atom. The summed E-state index contributed by atoms with van der Waals surface area (Å²) in [4.78, 5) is 52.7. The van der Waals surface area contributed by atoms with Crippen molar-refractivity contribution >= 4 is 33.4 Å². The summed E-state index contributed by atoms with van der Waals surface area (Å²) < 4.78 is 14.0. The van der Waals surface area contributed by atoms with Crippen LogP contribution in [0.2, 0.25) is 0 Å². The fourth-order valence-corrected chi connectivity index (χ4v) is 5.47. The van der Waals surface area contributed by atoms with Crippen molar-refractivity contribution in [3.8, 4) is 5.75 Å². The Morgan fingerprint density at radius 1 is 1.19 bits per heavy atom. The molecule has 1 amide bonds. The molecule has 37 heavy (non-hydrogen) atoms. The topological polar surface area (TPSA) is 129 Å². The average Bonchev–Trinajstić information content (AvgIpc) is 3.18. The lowest BCUT2D eigenvalue weighted by atomic mass is 10.0. The molecule has 0 bridgehead atoms. The van der Waals surface area contributed by atoms with Gasteiger partial charge in [-0.1, -0.05) is 18.2 Å². The van der Waals surface area contributed by atoms with E-state index >= 15 is 0 Å². The van der Waals surface area contributed by atoms with Crippen LogP contribution in [0.5, 0.6) is 5.75 Å². The number of likely N-dealkylation sites (N-methyl/N-ethyl adjacent to an activating group) is 1. The molecule has 0 fully saturated rings. The van der Waals surface area contributed by atoms with E-state index in [0.29, 0.717) is 17.9 Å². The third-order valence-corrected chi connectivity index (χ3v) is 7.43.